The molecule has 0 unspecified atom stereocenters. The summed E-state index contributed by atoms with van der Waals surface area (Å²) < 4.78 is 5.60. The Bertz CT molecular complexity index is 527. The van der Waals surface area contributed by atoms with Crippen molar-refractivity contribution in [3.05, 3.63) is 32.4 Å². The maximum atomic E-state index is 12.4. The van der Waals surface area contributed by atoms with Gasteiger partial charge in [0.05, 0.1) is 18.1 Å². The number of methoxy groups -OCH3 is 1. The van der Waals surface area contributed by atoms with Crippen LogP contribution < -0.4 is 0 Å². The number of ether oxygens (including phenoxy) is 1. The Balaban J connectivity index is 2.01. The van der Waals surface area contributed by atoms with E-state index in [0.717, 1.165) is 3.57 Å². The molecule has 1 aliphatic rings. The second-order valence-corrected chi connectivity index (χ2v) is 6.29. The third-order valence-corrected chi connectivity index (χ3v) is 5.02. The Morgan fingerprint density at radius 2 is 2.00 bits per heavy atom. The van der Waals surface area contributed by atoms with Gasteiger partial charge >= 0.3 is 5.97 Å². The van der Waals surface area contributed by atoms with E-state index in [-0.39, 0.29) is 17.8 Å². The zero-order valence-electron chi connectivity index (χ0n) is 11.1. The number of likely N-dealkylation sites (tertiary alicyclic amines) is 1. The number of nitrogens with zero attached hydrogens (tertiary/aromatic N) is 1. The standard InChI is InChI=1S/C14H15ClINO3/c1-20-14(19)9-4-6-17(7-5-9)13(18)10-2-3-11(15)12(16)8-10/h2-3,8-9H,4-7H2,1H3. The number of carbonyl (C=O) groups is 2. The van der Waals surface area contributed by atoms with E-state index < -0.39 is 0 Å². The summed E-state index contributed by atoms with van der Waals surface area (Å²) in [6.45, 7) is 1.16. The number of halogens is 2. The molecule has 0 radical (unpaired) electrons. The number of benzene rings is 1. The molecule has 1 amide bonds. The van der Waals surface area contributed by atoms with Crippen LogP contribution in [0.5, 0.6) is 0 Å². The fourth-order valence-electron chi connectivity index (χ4n) is 2.30. The van der Waals surface area contributed by atoms with Crippen LogP contribution in [0.25, 0.3) is 0 Å². The van der Waals surface area contributed by atoms with Gasteiger partial charge in [0.1, 0.15) is 0 Å². The number of carbonyl (C=O) groups excluding carboxylic acids is 2. The molecule has 1 heterocycles. The first-order chi connectivity index (χ1) is 9.52. The molecule has 2 rings (SSSR count). The summed E-state index contributed by atoms with van der Waals surface area (Å²) in [5, 5.41) is 0.645. The van der Waals surface area contributed by atoms with E-state index in [2.05, 4.69) is 22.6 Å². The molecule has 0 spiro atoms. The molecular formula is C14H15ClINO3. The van der Waals surface area contributed by atoms with Crippen molar-refractivity contribution in [2.24, 2.45) is 5.92 Å². The van der Waals surface area contributed by atoms with Gasteiger partial charge in [-0.05, 0) is 53.6 Å². The second kappa shape index (κ2) is 6.76. The van der Waals surface area contributed by atoms with Gasteiger partial charge < -0.3 is 9.64 Å². The van der Waals surface area contributed by atoms with Gasteiger partial charge in [0.15, 0.2) is 0 Å². The molecule has 1 aromatic rings. The molecule has 20 heavy (non-hydrogen) atoms. The largest absolute Gasteiger partial charge is 0.469 e. The van der Waals surface area contributed by atoms with Crippen molar-refractivity contribution in [2.75, 3.05) is 20.2 Å². The Kier molecular flexibility index (Phi) is 5.26. The van der Waals surface area contributed by atoms with Gasteiger partial charge in [-0.25, -0.2) is 0 Å². The summed E-state index contributed by atoms with van der Waals surface area (Å²) in [5.41, 5.74) is 0.635. The van der Waals surface area contributed by atoms with Gasteiger partial charge in [0, 0.05) is 22.2 Å². The Labute approximate surface area is 136 Å². The first kappa shape index (κ1) is 15.6. The molecule has 1 aromatic carbocycles. The van der Waals surface area contributed by atoms with E-state index in [9.17, 15) is 9.59 Å². The first-order valence-electron chi connectivity index (χ1n) is 6.35. The van der Waals surface area contributed by atoms with Crippen LogP contribution in [0, 0.1) is 9.49 Å². The Morgan fingerprint density at radius 1 is 1.35 bits per heavy atom. The van der Waals surface area contributed by atoms with Crippen LogP contribution in [0.3, 0.4) is 0 Å². The lowest BCUT2D eigenvalue weighted by molar-refractivity contribution is -0.146. The topological polar surface area (TPSA) is 46.6 Å². The van der Waals surface area contributed by atoms with Gasteiger partial charge in [-0.3, -0.25) is 9.59 Å². The zero-order chi connectivity index (χ0) is 14.7. The monoisotopic (exact) mass is 407 g/mol. The van der Waals surface area contributed by atoms with E-state index >= 15 is 0 Å². The minimum absolute atomic E-state index is 0.0112. The van der Waals surface area contributed by atoms with Gasteiger partial charge in [0.25, 0.3) is 5.91 Å². The summed E-state index contributed by atoms with van der Waals surface area (Å²) in [5.74, 6) is -0.282. The van der Waals surface area contributed by atoms with E-state index in [4.69, 9.17) is 16.3 Å². The van der Waals surface area contributed by atoms with E-state index in [1.807, 2.05) is 0 Å². The summed E-state index contributed by atoms with van der Waals surface area (Å²) in [6, 6.07) is 5.26. The molecule has 6 heteroatoms. The molecule has 0 bridgehead atoms. The first-order valence-corrected chi connectivity index (χ1v) is 7.80. The Hall–Kier alpha value is -0.820. The highest BCUT2D eigenvalue weighted by molar-refractivity contribution is 14.1. The van der Waals surface area contributed by atoms with E-state index in [0.29, 0.717) is 36.5 Å². The molecule has 1 aliphatic heterocycles. The van der Waals surface area contributed by atoms with E-state index in [1.165, 1.54) is 7.11 Å². The molecule has 1 saturated heterocycles. The van der Waals surface area contributed by atoms with Crippen LogP contribution in [0.2, 0.25) is 5.02 Å². The highest BCUT2D eigenvalue weighted by atomic mass is 127. The lowest BCUT2D eigenvalue weighted by Crippen LogP contribution is -2.40. The fourth-order valence-corrected chi connectivity index (χ4v) is 2.93. The fraction of sp³-hybridized carbons (Fsp3) is 0.429. The van der Waals surface area contributed by atoms with Crippen molar-refractivity contribution in [3.8, 4) is 0 Å². The number of rotatable bonds is 2. The van der Waals surface area contributed by atoms with Crippen molar-refractivity contribution >= 4 is 46.1 Å². The molecule has 1 fully saturated rings. The third-order valence-electron chi connectivity index (χ3n) is 3.48. The quantitative estimate of drug-likeness (QED) is 0.559. The summed E-state index contributed by atoms with van der Waals surface area (Å²) >= 11 is 8.06. The number of esters is 1. The normalized spacial score (nSPS) is 16.1. The second-order valence-electron chi connectivity index (χ2n) is 4.72. The van der Waals surface area contributed by atoms with Crippen molar-refractivity contribution < 1.29 is 14.3 Å². The van der Waals surface area contributed by atoms with Gasteiger partial charge in [0.2, 0.25) is 0 Å². The summed E-state index contributed by atoms with van der Waals surface area (Å²) in [4.78, 5) is 25.6. The van der Waals surface area contributed by atoms with Crippen LogP contribution >= 0.6 is 34.2 Å². The molecule has 0 aliphatic carbocycles. The molecule has 0 saturated carbocycles. The van der Waals surface area contributed by atoms with Crippen molar-refractivity contribution in [3.63, 3.8) is 0 Å². The lowest BCUT2D eigenvalue weighted by atomic mass is 9.96. The molecule has 108 valence electrons. The van der Waals surface area contributed by atoms with Gasteiger partial charge in [-0.15, -0.1) is 0 Å². The smallest absolute Gasteiger partial charge is 0.308 e. The van der Waals surface area contributed by atoms with Crippen LogP contribution in [0.4, 0.5) is 0 Å². The van der Waals surface area contributed by atoms with Crippen LogP contribution in [-0.4, -0.2) is 37.0 Å². The summed E-state index contributed by atoms with van der Waals surface area (Å²) in [6.07, 6.45) is 1.31. The predicted molar refractivity (Wildman–Crippen MR) is 84.8 cm³/mol. The predicted octanol–water partition coefficient (Wildman–Crippen LogP) is 2.97. The van der Waals surface area contributed by atoms with Gasteiger partial charge in [-0.1, -0.05) is 11.6 Å². The van der Waals surface area contributed by atoms with Crippen LogP contribution in [0.15, 0.2) is 18.2 Å². The summed E-state index contributed by atoms with van der Waals surface area (Å²) in [7, 11) is 1.40. The number of hydrogen-bond acceptors (Lipinski definition) is 3. The minimum atomic E-state index is -0.182. The molecular weight excluding hydrogens is 393 g/mol. The highest BCUT2D eigenvalue weighted by Gasteiger charge is 2.28. The number of amides is 1. The molecule has 0 N–H and O–H groups in total. The van der Waals surface area contributed by atoms with Crippen molar-refractivity contribution in [1.29, 1.82) is 0 Å². The highest BCUT2D eigenvalue weighted by Crippen LogP contribution is 2.23. The van der Waals surface area contributed by atoms with Crippen molar-refractivity contribution in [1.82, 2.24) is 4.90 Å². The maximum Gasteiger partial charge on any atom is 0.308 e. The molecule has 0 atom stereocenters. The van der Waals surface area contributed by atoms with Gasteiger partial charge in [-0.2, -0.15) is 0 Å². The number of hydrogen-bond donors (Lipinski definition) is 0. The van der Waals surface area contributed by atoms with Crippen LogP contribution in [-0.2, 0) is 9.53 Å². The Morgan fingerprint density at radius 3 is 2.55 bits per heavy atom. The average Bonchev–Trinajstić information content (AvgIpc) is 2.48. The molecule has 0 aromatic heterocycles. The zero-order valence-corrected chi connectivity index (χ0v) is 14.0. The maximum absolute atomic E-state index is 12.4. The van der Waals surface area contributed by atoms with Crippen LogP contribution in [0.1, 0.15) is 23.2 Å². The third kappa shape index (κ3) is 3.44. The minimum Gasteiger partial charge on any atom is -0.469 e. The number of piperidine rings is 1. The van der Waals surface area contributed by atoms with Crippen molar-refractivity contribution in [2.45, 2.75) is 12.8 Å². The average molecular weight is 408 g/mol. The lowest BCUT2D eigenvalue weighted by Gasteiger charge is -2.30. The molecule has 4 nitrogen and oxygen atoms in total. The SMILES string of the molecule is COC(=O)C1CCN(C(=O)c2ccc(Cl)c(I)c2)CC1. The van der Waals surface area contributed by atoms with E-state index in [1.54, 1.807) is 23.1 Å².